The number of unbranched alkanes of at least 4 members (excludes halogenated alkanes) is 2. The third kappa shape index (κ3) is 4.74. The molecule has 114 valence electrons. The number of anilines is 1. The molecule has 0 atom stereocenters. The Kier molecular flexibility index (Phi) is 6.30. The standard InChI is InChI=1S/C16H29N3S/c1-4-6-10-19(11-7-5-2)16-18-13(3)15(20-16)12-17-14-8-9-14/h14,17H,4-12H2,1-3H3. The summed E-state index contributed by atoms with van der Waals surface area (Å²) in [6.07, 6.45) is 7.73. The van der Waals surface area contributed by atoms with Crippen molar-refractivity contribution in [3.63, 3.8) is 0 Å². The first-order chi connectivity index (χ1) is 9.74. The average molecular weight is 295 g/mol. The van der Waals surface area contributed by atoms with Crippen LogP contribution < -0.4 is 10.2 Å². The number of nitrogens with one attached hydrogen (secondary N) is 1. The van der Waals surface area contributed by atoms with Crippen LogP contribution >= 0.6 is 11.3 Å². The molecule has 0 unspecified atom stereocenters. The fourth-order valence-electron chi connectivity index (χ4n) is 2.24. The molecule has 0 amide bonds. The van der Waals surface area contributed by atoms with Gasteiger partial charge in [0.05, 0.1) is 5.69 Å². The molecule has 0 radical (unpaired) electrons. The van der Waals surface area contributed by atoms with E-state index in [1.165, 1.54) is 54.2 Å². The maximum absolute atomic E-state index is 4.82. The van der Waals surface area contributed by atoms with Gasteiger partial charge >= 0.3 is 0 Å². The zero-order valence-electron chi connectivity index (χ0n) is 13.2. The van der Waals surface area contributed by atoms with Crippen molar-refractivity contribution >= 4 is 16.5 Å². The van der Waals surface area contributed by atoms with E-state index >= 15 is 0 Å². The molecule has 1 aliphatic rings. The first-order valence-corrected chi connectivity index (χ1v) is 9.00. The zero-order valence-corrected chi connectivity index (χ0v) is 14.1. The number of nitrogens with zero attached hydrogens (tertiary/aromatic N) is 2. The van der Waals surface area contributed by atoms with Gasteiger partial charge < -0.3 is 10.2 Å². The van der Waals surface area contributed by atoms with Gasteiger partial charge in [-0.05, 0) is 32.6 Å². The van der Waals surface area contributed by atoms with Gasteiger partial charge in [0.25, 0.3) is 0 Å². The SMILES string of the molecule is CCCCN(CCCC)c1nc(C)c(CNC2CC2)s1. The quantitative estimate of drug-likeness (QED) is 0.704. The van der Waals surface area contributed by atoms with Gasteiger partial charge in [-0.25, -0.2) is 4.98 Å². The monoisotopic (exact) mass is 295 g/mol. The third-order valence-electron chi connectivity index (χ3n) is 3.84. The van der Waals surface area contributed by atoms with E-state index in [-0.39, 0.29) is 0 Å². The predicted octanol–water partition coefficient (Wildman–Crippen LogP) is 4.11. The summed E-state index contributed by atoms with van der Waals surface area (Å²) in [5.41, 5.74) is 1.22. The van der Waals surface area contributed by atoms with Crippen LogP contribution in [0.4, 0.5) is 5.13 Å². The van der Waals surface area contributed by atoms with Crippen molar-refractivity contribution < 1.29 is 0 Å². The van der Waals surface area contributed by atoms with Crippen LogP contribution in [0, 0.1) is 6.92 Å². The molecular weight excluding hydrogens is 266 g/mol. The van der Waals surface area contributed by atoms with Gasteiger partial charge in [0.1, 0.15) is 0 Å². The first kappa shape index (κ1) is 15.8. The first-order valence-electron chi connectivity index (χ1n) is 8.19. The van der Waals surface area contributed by atoms with Crippen molar-refractivity contribution in [3.05, 3.63) is 10.6 Å². The van der Waals surface area contributed by atoms with Gasteiger partial charge in [-0.1, -0.05) is 26.7 Å². The molecule has 1 aliphatic carbocycles. The minimum atomic E-state index is 0.774. The molecule has 1 saturated carbocycles. The van der Waals surface area contributed by atoms with Crippen molar-refractivity contribution in [1.29, 1.82) is 0 Å². The highest BCUT2D eigenvalue weighted by molar-refractivity contribution is 7.15. The topological polar surface area (TPSA) is 28.2 Å². The van der Waals surface area contributed by atoms with Crippen LogP contribution in [0.1, 0.15) is 62.9 Å². The summed E-state index contributed by atoms with van der Waals surface area (Å²) in [7, 11) is 0. The van der Waals surface area contributed by atoms with Crippen molar-refractivity contribution in [1.82, 2.24) is 10.3 Å². The number of hydrogen-bond acceptors (Lipinski definition) is 4. The fourth-order valence-corrected chi connectivity index (χ4v) is 3.30. The third-order valence-corrected chi connectivity index (χ3v) is 5.06. The van der Waals surface area contributed by atoms with Crippen LogP contribution in [0.25, 0.3) is 0 Å². The maximum Gasteiger partial charge on any atom is 0.185 e. The van der Waals surface area contributed by atoms with Gasteiger partial charge in [-0.2, -0.15) is 0 Å². The second-order valence-electron chi connectivity index (χ2n) is 5.85. The van der Waals surface area contributed by atoms with E-state index in [4.69, 9.17) is 4.98 Å². The van der Waals surface area contributed by atoms with Gasteiger partial charge in [0, 0.05) is 30.6 Å². The largest absolute Gasteiger partial charge is 0.348 e. The van der Waals surface area contributed by atoms with E-state index in [9.17, 15) is 0 Å². The van der Waals surface area contributed by atoms with Crippen LogP contribution in [-0.2, 0) is 6.54 Å². The highest BCUT2D eigenvalue weighted by Crippen LogP contribution is 2.28. The fraction of sp³-hybridized carbons (Fsp3) is 0.812. The van der Waals surface area contributed by atoms with E-state index in [0.29, 0.717) is 0 Å². The molecule has 2 rings (SSSR count). The summed E-state index contributed by atoms with van der Waals surface area (Å²) >= 11 is 1.89. The van der Waals surface area contributed by atoms with Crippen LogP contribution in [-0.4, -0.2) is 24.1 Å². The second-order valence-corrected chi connectivity index (χ2v) is 6.92. The molecule has 1 aromatic rings. The lowest BCUT2D eigenvalue weighted by molar-refractivity contribution is 0.675. The Balaban J connectivity index is 1.96. The molecule has 0 bridgehead atoms. The van der Waals surface area contributed by atoms with Crippen molar-refractivity contribution in [3.8, 4) is 0 Å². The van der Waals surface area contributed by atoms with Crippen LogP contribution in [0.3, 0.4) is 0 Å². The summed E-state index contributed by atoms with van der Waals surface area (Å²) in [5.74, 6) is 0. The minimum absolute atomic E-state index is 0.774. The Morgan fingerprint density at radius 2 is 1.85 bits per heavy atom. The molecule has 0 spiro atoms. The zero-order chi connectivity index (χ0) is 14.4. The lowest BCUT2D eigenvalue weighted by atomic mass is 10.3. The summed E-state index contributed by atoms with van der Waals surface area (Å²) in [4.78, 5) is 8.73. The lowest BCUT2D eigenvalue weighted by Gasteiger charge is -2.21. The molecule has 3 nitrogen and oxygen atoms in total. The molecule has 0 aromatic carbocycles. The lowest BCUT2D eigenvalue weighted by Crippen LogP contribution is -2.25. The van der Waals surface area contributed by atoms with Crippen molar-refractivity contribution in [2.75, 3.05) is 18.0 Å². The number of aryl methyl sites for hydroxylation is 1. The Morgan fingerprint density at radius 1 is 1.20 bits per heavy atom. The Morgan fingerprint density at radius 3 is 2.40 bits per heavy atom. The molecule has 1 fully saturated rings. The van der Waals surface area contributed by atoms with Crippen LogP contribution in [0.15, 0.2) is 0 Å². The normalized spacial score (nSPS) is 14.8. The predicted molar refractivity (Wildman–Crippen MR) is 88.7 cm³/mol. The molecular formula is C16H29N3S. The Bertz CT molecular complexity index is 390. The Hall–Kier alpha value is -0.610. The maximum atomic E-state index is 4.82. The van der Waals surface area contributed by atoms with E-state index in [0.717, 1.165) is 25.7 Å². The summed E-state index contributed by atoms with van der Waals surface area (Å²) in [6, 6.07) is 0.774. The molecule has 1 aromatic heterocycles. The van der Waals surface area contributed by atoms with E-state index in [2.05, 4.69) is 31.0 Å². The van der Waals surface area contributed by atoms with Crippen molar-refractivity contribution in [2.45, 2.75) is 71.9 Å². The summed E-state index contributed by atoms with van der Waals surface area (Å²) in [6.45, 7) is 9.98. The van der Waals surface area contributed by atoms with E-state index in [1.54, 1.807) is 0 Å². The molecule has 1 heterocycles. The smallest absolute Gasteiger partial charge is 0.185 e. The number of aromatic nitrogens is 1. The second kappa shape index (κ2) is 7.99. The van der Waals surface area contributed by atoms with Gasteiger partial charge in [-0.15, -0.1) is 11.3 Å². The van der Waals surface area contributed by atoms with E-state index < -0.39 is 0 Å². The molecule has 0 aliphatic heterocycles. The number of rotatable bonds is 10. The number of hydrogen-bond donors (Lipinski definition) is 1. The summed E-state index contributed by atoms with van der Waals surface area (Å²) < 4.78 is 0. The Labute approximate surface area is 127 Å². The van der Waals surface area contributed by atoms with Crippen molar-refractivity contribution in [2.24, 2.45) is 0 Å². The summed E-state index contributed by atoms with van der Waals surface area (Å²) in [5, 5.41) is 4.84. The van der Waals surface area contributed by atoms with Crippen LogP contribution in [0.5, 0.6) is 0 Å². The highest BCUT2D eigenvalue weighted by atomic mass is 32.1. The average Bonchev–Trinajstić information content (AvgIpc) is 3.20. The minimum Gasteiger partial charge on any atom is -0.348 e. The molecule has 1 N–H and O–H groups in total. The number of thiazole rings is 1. The molecule has 4 heteroatoms. The van der Waals surface area contributed by atoms with Crippen LogP contribution in [0.2, 0.25) is 0 Å². The van der Waals surface area contributed by atoms with Gasteiger partial charge in [-0.3, -0.25) is 0 Å². The van der Waals surface area contributed by atoms with E-state index in [1.807, 2.05) is 11.3 Å². The van der Waals surface area contributed by atoms with Gasteiger partial charge in [0.2, 0.25) is 0 Å². The van der Waals surface area contributed by atoms with Gasteiger partial charge in [0.15, 0.2) is 5.13 Å². The highest BCUT2D eigenvalue weighted by Gasteiger charge is 2.21. The molecule has 0 saturated heterocycles. The molecule has 20 heavy (non-hydrogen) atoms.